The van der Waals surface area contributed by atoms with Crippen LogP contribution in [0.5, 0.6) is 5.75 Å². The van der Waals surface area contributed by atoms with E-state index in [1.165, 1.54) is 6.20 Å². The lowest BCUT2D eigenvalue weighted by Crippen LogP contribution is -2.19. The molecule has 8 nitrogen and oxygen atoms in total. The smallest absolute Gasteiger partial charge is 0.209 e. The van der Waals surface area contributed by atoms with Gasteiger partial charge in [-0.2, -0.15) is 15.5 Å². The Morgan fingerprint density at radius 1 is 1.32 bits per heavy atom. The zero-order chi connectivity index (χ0) is 17.4. The molecular formula is C17H16N6O2. The van der Waals surface area contributed by atoms with Crippen LogP contribution in [0.15, 0.2) is 30.9 Å². The van der Waals surface area contributed by atoms with Crippen LogP contribution in [0, 0.1) is 11.3 Å². The molecule has 0 N–H and O–H groups in total. The highest BCUT2D eigenvalue weighted by Crippen LogP contribution is 2.30. The van der Waals surface area contributed by atoms with Crippen LogP contribution in [0.3, 0.4) is 0 Å². The van der Waals surface area contributed by atoms with E-state index in [0.717, 1.165) is 30.5 Å². The number of carbonyl (C=O) groups excluding carboxylic acids is 1. The fourth-order valence-electron chi connectivity index (χ4n) is 3.25. The van der Waals surface area contributed by atoms with Crippen molar-refractivity contribution in [3.8, 4) is 22.9 Å². The van der Waals surface area contributed by atoms with E-state index in [-0.39, 0.29) is 6.04 Å². The molecule has 126 valence electrons. The molecule has 4 heterocycles. The maximum Gasteiger partial charge on any atom is 0.209 e. The van der Waals surface area contributed by atoms with Crippen LogP contribution in [0.1, 0.15) is 18.0 Å². The highest BCUT2D eigenvalue weighted by Gasteiger charge is 2.23. The highest BCUT2D eigenvalue weighted by atomic mass is 16.5. The number of aromatic nitrogens is 4. The van der Waals surface area contributed by atoms with Crippen LogP contribution in [0.4, 0.5) is 0 Å². The first-order chi connectivity index (χ1) is 12.2. The number of nitriles is 1. The summed E-state index contributed by atoms with van der Waals surface area (Å²) in [7, 11) is 1.57. The SMILES string of the molecule is COc1cc(-c2cnn(C3CCN(C=O)C3)c2)cn2ncc(C#N)c12. The molecule has 1 aliphatic heterocycles. The minimum Gasteiger partial charge on any atom is -0.494 e. The normalized spacial score (nSPS) is 17.0. The number of pyridine rings is 1. The van der Waals surface area contributed by atoms with Crippen molar-refractivity contribution in [2.45, 2.75) is 12.5 Å². The molecule has 1 amide bonds. The first kappa shape index (κ1) is 15.2. The second-order valence-corrected chi connectivity index (χ2v) is 6.01. The number of hydrogen-bond donors (Lipinski definition) is 0. The zero-order valence-corrected chi connectivity index (χ0v) is 13.7. The van der Waals surface area contributed by atoms with Crippen LogP contribution in [-0.4, -0.2) is 50.9 Å². The average molecular weight is 336 g/mol. The molecule has 1 aliphatic rings. The second kappa shape index (κ2) is 5.94. The Kier molecular flexibility index (Phi) is 3.61. The third-order valence-electron chi connectivity index (χ3n) is 4.57. The summed E-state index contributed by atoms with van der Waals surface area (Å²) in [6.07, 6.45) is 8.91. The largest absolute Gasteiger partial charge is 0.494 e. The Bertz CT molecular complexity index is 983. The predicted octanol–water partition coefficient (Wildman–Crippen LogP) is 1.48. The number of fused-ring (bicyclic) bond motifs is 1. The van der Waals surface area contributed by atoms with E-state index in [1.54, 1.807) is 22.7 Å². The van der Waals surface area contributed by atoms with Crippen LogP contribution in [-0.2, 0) is 4.79 Å². The first-order valence-corrected chi connectivity index (χ1v) is 7.93. The van der Waals surface area contributed by atoms with Gasteiger partial charge in [0.2, 0.25) is 6.41 Å². The number of methoxy groups -OCH3 is 1. The van der Waals surface area contributed by atoms with Gasteiger partial charge in [0.1, 0.15) is 22.9 Å². The molecule has 0 aliphatic carbocycles. The number of nitrogens with zero attached hydrogens (tertiary/aromatic N) is 6. The molecule has 1 atom stereocenters. The summed E-state index contributed by atoms with van der Waals surface area (Å²) in [4.78, 5) is 12.6. The van der Waals surface area contributed by atoms with Gasteiger partial charge < -0.3 is 9.64 Å². The molecule has 0 radical (unpaired) electrons. The Morgan fingerprint density at radius 2 is 2.20 bits per heavy atom. The van der Waals surface area contributed by atoms with Gasteiger partial charge in [-0.1, -0.05) is 0 Å². The van der Waals surface area contributed by atoms with Crippen molar-refractivity contribution in [2.75, 3.05) is 20.2 Å². The molecular weight excluding hydrogens is 320 g/mol. The van der Waals surface area contributed by atoms with Crippen molar-refractivity contribution in [1.82, 2.24) is 24.3 Å². The Balaban J connectivity index is 1.71. The first-order valence-electron chi connectivity index (χ1n) is 7.93. The third-order valence-corrected chi connectivity index (χ3v) is 4.57. The minimum atomic E-state index is 0.194. The molecule has 1 saturated heterocycles. The number of amides is 1. The lowest BCUT2D eigenvalue weighted by molar-refractivity contribution is -0.117. The van der Waals surface area contributed by atoms with Crippen LogP contribution in [0.2, 0.25) is 0 Å². The van der Waals surface area contributed by atoms with Gasteiger partial charge in [0, 0.05) is 36.6 Å². The topological polar surface area (TPSA) is 88.4 Å². The number of likely N-dealkylation sites (tertiary alicyclic amines) is 1. The Hall–Kier alpha value is -3.34. The molecule has 0 bridgehead atoms. The highest BCUT2D eigenvalue weighted by molar-refractivity contribution is 5.74. The van der Waals surface area contributed by atoms with Gasteiger partial charge in [0.15, 0.2) is 0 Å². The summed E-state index contributed by atoms with van der Waals surface area (Å²) < 4.78 is 8.99. The fourth-order valence-corrected chi connectivity index (χ4v) is 3.25. The minimum absolute atomic E-state index is 0.194. The van der Waals surface area contributed by atoms with Crippen molar-refractivity contribution in [3.63, 3.8) is 0 Å². The van der Waals surface area contributed by atoms with E-state index >= 15 is 0 Å². The van der Waals surface area contributed by atoms with E-state index in [4.69, 9.17) is 4.74 Å². The monoisotopic (exact) mass is 336 g/mol. The molecule has 1 unspecified atom stereocenters. The van der Waals surface area contributed by atoms with Crippen LogP contribution < -0.4 is 4.74 Å². The molecule has 3 aromatic heterocycles. The number of rotatable bonds is 4. The molecule has 25 heavy (non-hydrogen) atoms. The van der Waals surface area contributed by atoms with Gasteiger partial charge in [-0.05, 0) is 12.5 Å². The molecule has 0 spiro atoms. The van der Waals surface area contributed by atoms with Gasteiger partial charge in [0.25, 0.3) is 0 Å². The number of hydrogen-bond acceptors (Lipinski definition) is 5. The number of carbonyl (C=O) groups is 1. The van der Waals surface area contributed by atoms with Gasteiger partial charge >= 0.3 is 0 Å². The standard InChI is InChI=1S/C17H16N6O2/c1-25-16-4-12(8-23-17(16)13(5-18)6-20-23)14-7-19-22(9-14)15-2-3-21(10-15)11-24/h4,6-9,11,15H,2-3,10H2,1H3. The van der Waals surface area contributed by atoms with Gasteiger partial charge in [0.05, 0.1) is 25.5 Å². The van der Waals surface area contributed by atoms with Crippen molar-refractivity contribution in [1.29, 1.82) is 5.26 Å². The Labute approximate surface area is 143 Å². The summed E-state index contributed by atoms with van der Waals surface area (Å²) in [5.41, 5.74) is 2.95. The third kappa shape index (κ3) is 2.50. The van der Waals surface area contributed by atoms with Crippen LogP contribution >= 0.6 is 0 Å². The molecule has 1 fully saturated rings. The van der Waals surface area contributed by atoms with E-state index < -0.39 is 0 Å². The summed E-state index contributed by atoms with van der Waals surface area (Å²) in [6.45, 7) is 1.44. The lowest BCUT2D eigenvalue weighted by atomic mass is 10.1. The van der Waals surface area contributed by atoms with Gasteiger partial charge in [-0.15, -0.1) is 0 Å². The average Bonchev–Trinajstić information content (AvgIpc) is 3.38. The van der Waals surface area contributed by atoms with Gasteiger partial charge in [-0.25, -0.2) is 4.52 Å². The molecule has 8 heteroatoms. The Morgan fingerprint density at radius 3 is 2.92 bits per heavy atom. The van der Waals surface area contributed by atoms with E-state index in [0.29, 0.717) is 23.4 Å². The van der Waals surface area contributed by atoms with Crippen molar-refractivity contribution < 1.29 is 9.53 Å². The van der Waals surface area contributed by atoms with Gasteiger partial charge in [-0.3, -0.25) is 9.48 Å². The van der Waals surface area contributed by atoms with Crippen molar-refractivity contribution in [2.24, 2.45) is 0 Å². The quantitative estimate of drug-likeness (QED) is 0.673. The summed E-state index contributed by atoms with van der Waals surface area (Å²) in [5, 5.41) is 17.9. The van der Waals surface area contributed by atoms with Crippen molar-refractivity contribution in [3.05, 3.63) is 36.4 Å². The van der Waals surface area contributed by atoms with Crippen LogP contribution in [0.25, 0.3) is 16.6 Å². The predicted molar refractivity (Wildman–Crippen MR) is 89.0 cm³/mol. The fraction of sp³-hybridized carbons (Fsp3) is 0.294. The summed E-state index contributed by atoms with van der Waals surface area (Å²) >= 11 is 0. The zero-order valence-electron chi connectivity index (χ0n) is 13.7. The lowest BCUT2D eigenvalue weighted by Gasteiger charge is -2.10. The van der Waals surface area contributed by atoms with E-state index in [1.807, 2.05) is 23.1 Å². The molecule has 4 rings (SSSR count). The number of ether oxygens (including phenoxy) is 1. The van der Waals surface area contributed by atoms with E-state index in [9.17, 15) is 10.1 Å². The second-order valence-electron chi connectivity index (χ2n) is 6.01. The summed E-state index contributed by atoms with van der Waals surface area (Å²) in [5.74, 6) is 0.590. The molecule has 0 saturated carbocycles. The molecule has 0 aromatic carbocycles. The maximum atomic E-state index is 10.9. The maximum absolute atomic E-state index is 10.9. The van der Waals surface area contributed by atoms with Crippen molar-refractivity contribution >= 4 is 11.9 Å². The van der Waals surface area contributed by atoms with E-state index in [2.05, 4.69) is 16.3 Å². The molecule has 3 aromatic rings. The summed E-state index contributed by atoms with van der Waals surface area (Å²) in [6, 6.07) is 4.20.